The van der Waals surface area contributed by atoms with Gasteiger partial charge in [0.2, 0.25) is 0 Å². The predicted molar refractivity (Wildman–Crippen MR) is 85.7 cm³/mol. The number of nitrogens with one attached hydrogen (secondary N) is 1. The Hall–Kier alpha value is -1.68. The largest absolute Gasteiger partial charge is 0.497 e. The van der Waals surface area contributed by atoms with Crippen LogP contribution in [0.5, 0.6) is 11.5 Å². The molecule has 106 valence electrons. The molecule has 0 amide bonds. The first kappa shape index (κ1) is 14.7. The highest BCUT2D eigenvalue weighted by molar-refractivity contribution is 9.10. The van der Waals surface area contributed by atoms with Crippen molar-refractivity contribution in [2.24, 2.45) is 0 Å². The molecular formula is C16H18BrNO2. The minimum absolute atomic E-state index is 0.671. The van der Waals surface area contributed by atoms with Gasteiger partial charge in [-0.1, -0.05) is 18.2 Å². The van der Waals surface area contributed by atoms with Crippen LogP contribution in [0.2, 0.25) is 0 Å². The van der Waals surface area contributed by atoms with Crippen LogP contribution in [0.15, 0.2) is 53.0 Å². The van der Waals surface area contributed by atoms with Crippen LogP contribution in [0.3, 0.4) is 0 Å². The highest BCUT2D eigenvalue weighted by Gasteiger charge is 2.02. The van der Waals surface area contributed by atoms with Crippen LogP contribution >= 0.6 is 15.9 Å². The van der Waals surface area contributed by atoms with Gasteiger partial charge in [-0.3, -0.25) is 0 Å². The van der Waals surface area contributed by atoms with Crippen molar-refractivity contribution in [3.8, 4) is 11.5 Å². The van der Waals surface area contributed by atoms with Crippen molar-refractivity contribution in [2.45, 2.75) is 6.42 Å². The van der Waals surface area contributed by atoms with Gasteiger partial charge in [-0.2, -0.15) is 0 Å². The summed E-state index contributed by atoms with van der Waals surface area (Å²) in [7, 11) is 1.65. The summed E-state index contributed by atoms with van der Waals surface area (Å²) in [6, 6.07) is 15.9. The average molecular weight is 336 g/mol. The first-order chi connectivity index (χ1) is 9.79. The van der Waals surface area contributed by atoms with Crippen LogP contribution in [0.25, 0.3) is 0 Å². The van der Waals surface area contributed by atoms with Crippen molar-refractivity contribution >= 4 is 21.6 Å². The summed E-state index contributed by atoms with van der Waals surface area (Å²) in [6.07, 6.45) is 0.938. The van der Waals surface area contributed by atoms with Gasteiger partial charge in [-0.05, 0) is 52.7 Å². The molecule has 0 spiro atoms. The van der Waals surface area contributed by atoms with E-state index in [1.165, 1.54) is 0 Å². The fourth-order valence-corrected chi connectivity index (χ4v) is 2.24. The van der Waals surface area contributed by atoms with E-state index in [0.29, 0.717) is 6.61 Å². The Balaban J connectivity index is 1.71. The number of rotatable bonds is 7. The molecule has 0 aliphatic rings. The molecule has 0 aliphatic carbocycles. The van der Waals surface area contributed by atoms with Crippen LogP contribution in [0, 0.1) is 0 Å². The van der Waals surface area contributed by atoms with Gasteiger partial charge in [0, 0.05) is 12.2 Å². The van der Waals surface area contributed by atoms with Gasteiger partial charge in [0.05, 0.1) is 18.2 Å². The average Bonchev–Trinajstić information content (AvgIpc) is 2.49. The second-order valence-corrected chi connectivity index (χ2v) is 5.15. The monoisotopic (exact) mass is 335 g/mol. The maximum atomic E-state index is 5.73. The summed E-state index contributed by atoms with van der Waals surface area (Å²) in [6.45, 7) is 1.56. The Labute approximate surface area is 128 Å². The third kappa shape index (κ3) is 4.46. The highest BCUT2D eigenvalue weighted by atomic mass is 79.9. The van der Waals surface area contributed by atoms with Crippen molar-refractivity contribution < 1.29 is 9.47 Å². The number of benzene rings is 2. The van der Waals surface area contributed by atoms with E-state index < -0.39 is 0 Å². The molecule has 20 heavy (non-hydrogen) atoms. The minimum atomic E-state index is 0.671. The zero-order valence-corrected chi connectivity index (χ0v) is 13.0. The van der Waals surface area contributed by atoms with Gasteiger partial charge in [-0.15, -0.1) is 0 Å². The summed E-state index contributed by atoms with van der Waals surface area (Å²) in [4.78, 5) is 0. The van der Waals surface area contributed by atoms with Crippen LogP contribution < -0.4 is 14.8 Å². The lowest BCUT2D eigenvalue weighted by Crippen LogP contribution is -2.07. The maximum absolute atomic E-state index is 5.73. The number of hydrogen-bond donors (Lipinski definition) is 1. The Kier molecular flexibility index (Phi) is 5.74. The molecule has 0 bridgehead atoms. The first-order valence-electron chi connectivity index (χ1n) is 6.55. The number of methoxy groups -OCH3 is 1. The number of anilines is 1. The van der Waals surface area contributed by atoms with Crippen molar-refractivity contribution in [1.29, 1.82) is 0 Å². The Morgan fingerprint density at radius 2 is 1.90 bits per heavy atom. The molecule has 0 unspecified atom stereocenters. The van der Waals surface area contributed by atoms with Crippen LogP contribution in [-0.4, -0.2) is 20.3 Å². The number of halogens is 1. The van der Waals surface area contributed by atoms with Crippen molar-refractivity contribution in [3.05, 3.63) is 53.0 Å². The third-order valence-electron chi connectivity index (χ3n) is 2.82. The molecule has 3 nitrogen and oxygen atoms in total. The number of para-hydroxylation sites is 1. The standard InChI is InChI=1S/C16H18BrNO2/c1-19-14-8-9-16(15(17)12-14)20-11-5-10-18-13-6-3-2-4-7-13/h2-4,6-9,12,18H,5,10-11H2,1H3. The topological polar surface area (TPSA) is 30.5 Å². The second-order valence-electron chi connectivity index (χ2n) is 4.29. The molecule has 1 N–H and O–H groups in total. The van der Waals surface area contributed by atoms with E-state index in [9.17, 15) is 0 Å². The summed E-state index contributed by atoms with van der Waals surface area (Å²) < 4.78 is 11.8. The van der Waals surface area contributed by atoms with Crippen LogP contribution in [0.1, 0.15) is 6.42 Å². The normalized spacial score (nSPS) is 10.1. The first-order valence-corrected chi connectivity index (χ1v) is 7.34. The molecule has 0 atom stereocenters. The fraction of sp³-hybridized carbons (Fsp3) is 0.250. The number of ether oxygens (including phenoxy) is 2. The van der Waals surface area contributed by atoms with E-state index in [2.05, 4.69) is 33.4 Å². The lowest BCUT2D eigenvalue weighted by atomic mass is 10.3. The SMILES string of the molecule is COc1ccc(OCCCNc2ccccc2)c(Br)c1. The molecule has 2 aromatic rings. The summed E-state index contributed by atoms with van der Waals surface area (Å²) >= 11 is 3.47. The molecule has 0 saturated heterocycles. The quantitative estimate of drug-likeness (QED) is 0.763. The predicted octanol–water partition coefficient (Wildman–Crippen LogP) is 4.34. The number of hydrogen-bond acceptors (Lipinski definition) is 3. The summed E-state index contributed by atoms with van der Waals surface area (Å²) in [5.41, 5.74) is 1.14. The van der Waals surface area contributed by atoms with Gasteiger partial charge >= 0.3 is 0 Å². The maximum Gasteiger partial charge on any atom is 0.133 e. The van der Waals surface area contributed by atoms with Gasteiger partial charge in [0.1, 0.15) is 11.5 Å². The molecule has 2 rings (SSSR count). The van der Waals surface area contributed by atoms with Gasteiger partial charge < -0.3 is 14.8 Å². The van der Waals surface area contributed by atoms with E-state index in [-0.39, 0.29) is 0 Å². The molecule has 4 heteroatoms. The van der Waals surface area contributed by atoms with Gasteiger partial charge in [0.25, 0.3) is 0 Å². The van der Waals surface area contributed by atoms with Crippen molar-refractivity contribution in [1.82, 2.24) is 0 Å². The summed E-state index contributed by atoms with van der Waals surface area (Å²) in [5.74, 6) is 1.65. The lowest BCUT2D eigenvalue weighted by Gasteiger charge is -2.10. The van der Waals surface area contributed by atoms with Crippen LogP contribution in [0.4, 0.5) is 5.69 Å². The van der Waals surface area contributed by atoms with Gasteiger partial charge in [-0.25, -0.2) is 0 Å². The Morgan fingerprint density at radius 3 is 2.60 bits per heavy atom. The van der Waals surface area contributed by atoms with Gasteiger partial charge in [0.15, 0.2) is 0 Å². The van der Waals surface area contributed by atoms with E-state index in [0.717, 1.165) is 34.6 Å². The van der Waals surface area contributed by atoms with Crippen molar-refractivity contribution in [2.75, 3.05) is 25.6 Å². The second kappa shape index (κ2) is 7.80. The van der Waals surface area contributed by atoms with E-state index in [4.69, 9.17) is 9.47 Å². The fourth-order valence-electron chi connectivity index (χ4n) is 1.77. The Morgan fingerprint density at radius 1 is 1.10 bits per heavy atom. The zero-order chi connectivity index (χ0) is 14.2. The molecule has 0 fully saturated rings. The molecule has 0 aliphatic heterocycles. The smallest absolute Gasteiger partial charge is 0.133 e. The molecular weight excluding hydrogens is 318 g/mol. The molecule has 0 radical (unpaired) electrons. The minimum Gasteiger partial charge on any atom is -0.497 e. The summed E-state index contributed by atoms with van der Waals surface area (Å²) in [5, 5.41) is 3.35. The Bertz CT molecular complexity index is 531. The van der Waals surface area contributed by atoms with E-state index in [1.807, 2.05) is 36.4 Å². The zero-order valence-electron chi connectivity index (χ0n) is 11.4. The van der Waals surface area contributed by atoms with Crippen molar-refractivity contribution in [3.63, 3.8) is 0 Å². The van der Waals surface area contributed by atoms with E-state index in [1.54, 1.807) is 7.11 Å². The lowest BCUT2D eigenvalue weighted by molar-refractivity contribution is 0.312. The van der Waals surface area contributed by atoms with E-state index >= 15 is 0 Å². The highest BCUT2D eigenvalue weighted by Crippen LogP contribution is 2.29. The van der Waals surface area contributed by atoms with Crippen LogP contribution in [-0.2, 0) is 0 Å². The molecule has 0 aromatic heterocycles. The molecule has 0 heterocycles. The third-order valence-corrected chi connectivity index (χ3v) is 3.44. The molecule has 2 aromatic carbocycles. The molecule has 0 saturated carbocycles.